The van der Waals surface area contributed by atoms with Crippen molar-refractivity contribution in [1.29, 1.82) is 0 Å². The first-order valence-corrected chi connectivity index (χ1v) is 4.56. The molecule has 1 saturated heterocycles. The van der Waals surface area contributed by atoms with Gasteiger partial charge in [-0.15, -0.1) is 0 Å². The number of carboxylic acid groups (broad SMARTS) is 1. The third-order valence-electron chi connectivity index (χ3n) is 1.88. The van der Waals surface area contributed by atoms with Crippen molar-refractivity contribution in [2.24, 2.45) is 0 Å². The second-order valence-electron chi connectivity index (χ2n) is 3.09. The zero-order chi connectivity index (χ0) is 11.3. The van der Waals surface area contributed by atoms with Gasteiger partial charge in [0.05, 0.1) is 26.2 Å². The molecule has 0 unspecified atom stereocenters. The molecule has 0 radical (unpaired) electrons. The van der Waals surface area contributed by atoms with Gasteiger partial charge in [-0.05, 0) is 0 Å². The minimum Gasteiger partial charge on any atom is -0.655 e. The van der Waals surface area contributed by atoms with Crippen LogP contribution in [0.4, 0.5) is 0 Å². The van der Waals surface area contributed by atoms with Gasteiger partial charge in [0.15, 0.2) is 0 Å². The average molecular weight is 216 g/mol. The molecule has 6 heteroatoms. The van der Waals surface area contributed by atoms with Crippen molar-refractivity contribution < 1.29 is 28.6 Å². The van der Waals surface area contributed by atoms with Crippen LogP contribution in [-0.2, 0) is 23.5 Å². The number of esters is 1. The van der Waals surface area contributed by atoms with Gasteiger partial charge in [-0.2, -0.15) is 0 Å². The molecular weight excluding hydrogens is 204 g/mol. The van der Waals surface area contributed by atoms with Crippen LogP contribution in [-0.4, -0.2) is 29.6 Å². The van der Waals surface area contributed by atoms with E-state index in [1.165, 1.54) is 0 Å². The lowest BCUT2D eigenvalue weighted by atomic mass is 10.3. The predicted molar refractivity (Wildman–Crippen MR) is 47.5 cm³/mol. The van der Waals surface area contributed by atoms with E-state index in [2.05, 4.69) is 9.10 Å². The molecule has 1 aliphatic rings. The molecule has 0 aromatic carbocycles. The lowest BCUT2D eigenvalue weighted by Crippen LogP contribution is -2.17. The van der Waals surface area contributed by atoms with Gasteiger partial charge in [0.2, 0.25) is 0 Å². The zero-order valence-electron chi connectivity index (χ0n) is 8.10. The maximum Gasteiger partial charge on any atom is 0.492 e. The smallest absolute Gasteiger partial charge is 0.492 e. The molecule has 0 bridgehead atoms. The second kappa shape index (κ2) is 5.33. The summed E-state index contributed by atoms with van der Waals surface area (Å²) in [6, 6.07) is 0. The number of ether oxygens (including phenoxy) is 1. The van der Waals surface area contributed by atoms with Crippen molar-refractivity contribution in [1.82, 2.24) is 0 Å². The third-order valence-corrected chi connectivity index (χ3v) is 1.88. The maximum atomic E-state index is 11.0. The normalized spacial score (nSPS) is 15.5. The van der Waals surface area contributed by atoms with Crippen LogP contribution in [0.1, 0.15) is 25.7 Å². The van der Waals surface area contributed by atoms with Crippen molar-refractivity contribution in [2.75, 3.05) is 6.61 Å². The lowest BCUT2D eigenvalue weighted by molar-refractivity contribution is -0.188. The fraction of sp³-hybridized carbons (Fsp3) is 0.556. The van der Waals surface area contributed by atoms with Crippen LogP contribution in [0, 0.1) is 6.79 Å². The summed E-state index contributed by atoms with van der Waals surface area (Å²) in [5, 5.41) is 8.30. The Morgan fingerprint density at radius 2 is 2.20 bits per heavy atom. The van der Waals surface area contributed by atoms with E-state index in [0.717, 1.165) is 6.79 Å². The first-order valence-electron chi connectivity index (χ1n) is 4.56. The minimum atomic E-state index is -1.06. The highest BCUT2D eigenvalue weighted by Gasteiger charge is 2.23. The van der Waals surface area contributed by atoms with Crippen molar-refractivity contribution in [3.05, 3.63) is 6.79 Å². The first-order chi connectivity index (χ1) is 7.09. The molecule has 0 atom stereocenters. The highest BCUT2D eigenvalue weighted by Crippen LogP contribution is 2.17. The zero-order valence-corrected chi connectivity index (χ0v) is 8.10. The summed E-state index contributed by atoms with van der Waals surface area (Å²) >= 11 is 0. The largest absolute Gasteiger partial charge is 0.655 e. The van der Waals surface area contributed by atoms with Crippen molar-refractivity contribution in [2.45, 2.75) is 25.7 Å². The molecule has 1 fully saturated rings. The number of aliphatic carboxylic acids is 1. The molecule has 1 N–H and O–H groups in total. The van der Waals surface area contributed by atoms with Crippen LogP contribution in [0.5, 0.6) is 0 Å². The summed E-state index contributed by atoms with van der Waals surface area (Å²) in [6.07, 6.45) is 0.667. The Balaban J connectivity index is 2.16. The Hall–Kier alpha value is -1.59. The quantitative estimate of drug-likeness (QED) is 0.408. The van der Waals surface area contributed by atoms with Gasteiger partial charge in [-0.3, -0.25) is 9.59 Å². The fourth-order valence-corrected chi connectivity index (χ4v) is 1.10. The topological polar surface area (TPSA) is 83.4 Å². The van der Waals surface area contributed by atoms with Gasteiger partial charge >= 0.3 is 11.9 Å². The van der Waals surface area contributed by atoms with Crippen LogP contribution in [0.3, 0.4) is 0 Å². The molecule has 6 nitrogen and oxygen atoms in total. The summed E-state index contributed by atoms with van der Waals surface area (Å²) < 4.78 is 6.71. The number of carbonyl (C=O) groups excluding carboxylic acids is 2. The summed E-state index contributed by atoms with van der Waals surface area (Å²) in [7, 11) is 0. The number of hydrogen-bond donors (Lipinski definition) is 1. The molecule has 0 amide bonds. The Labute approximate surface area is 86.5 Å². The Morgan fingerprint density at radius 1 is 1.47 bits per heavy atom. The number of hydrogen-bond acceptors (Lipinski definition) is 4. The van der Waals surface area contributed by atoms with Crippen LogP contribution in [0.2, 0.25) is 0 Å². The molecule has 15 heavy (non-hydrogen) atoms. The van der Waals surface area contributed by atoms with E-state index in [9.17, 15) is 14.4 Å². The van der Waals surface area contributed by atoms with E-state index >= 15 is 0 Å². The van der Waals surface area contributed by atoms with Crippen LogP contribution < -0.4 is 0 Å². The molecule has 1 rings (SSSR count). The van der Waals surface area contributed by atoms with Gasteiger partial charge in [0.1, 0.15) is 6.42 Å². The Morgan fingerprint density at radius 3 is 2.73 bits per heavy atom. The summed E-state index contributed by atoms with van der Waals surface area (Å²) in [4.78, 5) is 32.1. The van der Waals surface area contributed by atoms with Crippen molar-refractivity contribution in [3.63, 3.8) is 0 Å². The minimum absolute atomic E-state index is 0.166. The van der Waals surface area contributed by atoms with Gasteiger partial charge < -0.3 is 14.2 Å². The third kappa shape index (κ3) is 3.97. The van der Waals surface area contributed by atoms with Crippen molar-refractivity contribution >= 4 is 17.9 Å². The highest BCUT2D eigenvalue weighted by atomic mass is 16.8. The number of carbonyl (C=O) groups is 3. The van der Waals surface area contributed by atoms with Crippen molar-refractivity contribution in [3.8, 4) is 0 Å². The maximum absolute atomic E-state index is 11.0. The number of cyclic esters (lactones) is 1. The number of rotatable bonds is 5. The van der Waals surface area contributed by atoms with Gasteiger partial charge in [0.25, 0.3) is 5.97 Å². The summed E-state index contributed by atoms with van der Waals surface area (Å²) in [5.74, 6) is -1.89. The SMILES string of the molecule is O=C(O)CCC(=O)O[CH-][O+]1CCCC1=O. The molecule has 84 valence electrons. The van der Waals surface area contributed by atoms with Crippen LogP contribution in [0.25, 0.3) is 0 Å². The molecule has 0 aromatic heterocycles. The van der Waals surface area contributed by atoms with E-state index in [0.29, 0.717) is 19.4 Å². The first kappa shape index (κ1) is 11.5. The van der Waals surface area contributed by atoms with Gasteiger partial charge in [-0.1, -0.05) is 0 Å². The highest BCUT2D eigenvalue weighted by molar-refractivity contribution is 5.77. The lowest BCUT2D eigenvalue weighted by Gasteiger charge is -2.27. The van der Waals surface area contributed by atoms with Gasteiger partial charge in [-0.25, -0.2) is 0 Å². The van der Waals surface area contributed by atoms with E-state index in [4.69, 9.17) is 5.11 Å². The van der Waals surface area contributed by atoms with E-state index < -0.39 is 11.9 Å². The van der Waals surface area contributed by atoms with Gasteiger partial charge in [0, 0.05) is 11.2 Å². The molecule has 1 heterocycles. The van der Waals surface area contributed by atoms with E-state index in [1.54, 1.807) is 0 Å². The molecule has 0 aliphatic carbocycles. The second-order valence-corrected chi connectivity index (χ2v) is 3.09. The predicted octanol–water partition coefficient (Wildman–Crippen LogP) is 0.386. The molecular formula is C9H12O6. The average Bonchev–Trinajstić information content (AvgIpc) is 2.58. The molecule has 0 spiro atoms. The number of carboxylic acids is 1. The summed E-state index contributed by atoms with van der Waals surface area (Å²) in [5.41, 5.74) is 0. The fourth-order valence-electron chi connectivity index (χ4n) is 1.10. The molecule has 1 aliphatic heterocycles. The molecule has 0 aromatic rings. The van der Waals surface area contributed by atoms with E-state index in [1.807, 2.05) is 0 Å². The Bertz CT molecular complexity index is 272. The standard InChI is InChI=1S/C9H12O6/c10-7(11)3-4-8(12)14-6-15-5-1-2-9(15)13/h6H,1-5H2,(H,10,11). The van der Waals surface area contributed by atoms with Crippen LogP contribution >= 0.6 is 0 Å². The van der Waals surface area contributed by atoms with Crippen LogP contribution in [0.15, 0.2) is 0 Å². The molecule has 0 saturated carbocycles. The monoisotopic (exact) mass is 216 g/mol. The summed E-state index contributed by atoms with van der Waals surface area (Å²) in [6.45, 7) is 1.45. The Kier molecular flexibility index (Phi) is 4.08. The van der Waals surface area contributed by atoms with E-state index in [-0.39, 0.29) is 18.8 Å².